The van der Waals surface area contributed by atoms with Gasteiger partial charge in [0, 0.05) is 39.3 Å². The van der Waals surface area contributed by atoms with Crippen molar-refractivity contribution in [1.82, 2.24) is 9.78 Å². The number of rotatable bonds is 5. The molecule has 0 aliphatic carbocycles. The highest BCUT2D eigenvalue weighted by Gasteiger charge is 2.38. The number of halogens is 2. The van der Waals surface area contributed by atoms with Crippen LogP contribution in [0.3, 0.4) is 0 Å². The Morgan fingerprint density at radius 2 is 1.74 bits per heavy atom. The van der Waals surface area contributed by atoms with Gasteiger partial charge in [-0.25, -0.2) is 8.78 Å². The molecule has 2 aromatic carbocycles. The monoisotopic (exact) mass is 523 g/mol. The normalized spacial score (nSPS) is 18.9. The van der Waals surface area contributed by atoms with E-state index in [1.165, 1.54) is 12.1 Å². The molecule has 2 unspecified atom stereocenters. The maximum atomic E-state index is 14.4. The largest absolute Gasteiger partial charge is 0.366 e. The predicted octanol–water partition coefficient (Wildman–Crippen LogP) is 3.17. The fourth-order valence-corrected chi connectivity index (χ4v) is 5.61. The van der Waals surface area contributed by atoms with Gasteiger partial charge in [0.15, 0.2) is 11.6 Å². The average Bonchev–Trinajstić information content (AvgIpc) is 3.40. The van der Waals surface area contributed by atoms with Gasteiger partial charge in [-0.2, -0.15) is 9.78 Å². The van der Waals surface area contributed by atoms with Crippen molar-refractivity contribution in [1.29, 1.82) is 0 Å². The molecule has 5 rings (SSSR count). The Morgan fingerprint density at radius 3 is 2.37 bits per heavy atom. The number of hydrogen-bond donors (Lipinski definition) is 2. The number of aromatic nitrogens is 2. The van der Waals surface area contributed by atoms with E-state index in [4.69, 9.17) is 5.73 Å². The third kappa shape index (κ3) is 4.26. The highest BCUT2D eigenvalue weighted by atomic mass is 19.1. The van der Waals surface area contributed by atoms with Gasteiger partial charge in [-0.15, -0.1) is 0 Å². The first-order valence-corrected chi connectivity index (χ1v) is 12.6. The lowest BCUT2D eigenvalue weighted by molar-refractivity contribution is 0.102. The zero-order chi connectivity index (χ0) is 27.3. The van der Waals surface area contributed by atoms with Crippen LogP contribution in [0.4, 0.5) is 31.5 Å². The number of carbonyl (C=O) groups excluding carboxylic acids is 1. The number of para-hydroxylation sites is 1. The molecule has 3 aromatic rings. The highest BCUT2D eigenvalue weighted by Crippen LogP contribution is 2.50. The van der Waals surface area contributed by atoms with E-state index >= 15 is 0 Å². The van der Waals surface area contributed by atoms with Crippen LogP contribution >= 0.6 is 0 Å². The van der Waals surface area contributed by atoms with Crippen LogP contribution in [0.1, 0.15) is 30.8 Å². The van der Waals surface area contributed by atoms with Crippen molar-refractivity contribution in [3.63, 3.8) is 0 Å². The number of hydrogen-bond acceptors (Lipinski definition) is 7. The van der Waals surface area contributed by atoms with Gasteiger partial charge >= 0.3 is 0 Å². The number of nitrogens with zero attached hydrogens (tertiary/aromatic N) is 5. The molecule has 1 fully saturated rings. The Morgan fingerprint density at radius 1 is 1.03 bits per heavy atom. The maximum Gasteiger partial charge on any atom is 0.276 e. The molecule has 9 nitrogen and oxygen atoms in total. The fraction of sp³-hybridized carbons (Fsp3) is 0.370. The molecule has 200 valence electrons. The van der Waals surface area contributed by atoms with Gasteiger partial charge in [0.1, 0.15) is 17.5 Å². The number of nitrogens with two attached hydrogens (primary N) is 1. The van der Waals surface area contributed by atoms with Gasteiger partial charge in [-0.1, -0.05) is 19.9 Å². The van der Waals surface area contributed by atoms with Crippen LogP contribution in [0.2, 0.25) is 0 Å². The first-order chi connectivity index (χ1) is 18.1. The first kappa shape index (κ1) is 25.7. The molecular formula is C27H31F2N7O2. The van der Waals surface area contributed by atoms with Crippen LogP contribution in [-0.2, 0) is 0 Å². The summed E-state index contributed by atoms with van der Waals surface area (Å²) >= 11 is 0. The molecule has 1 amide bonds. The molecule has 0 spiro atoms. The number of anilines is 4. The standard InChI is InChI=1S/C27H31F2N7O2/c1-15(2)27-33(3)21-10-8-19(24(25(21)34(27)4)35-13-12-16(30)14-35)31-26(38)20-9-11-22(37)36(32-20)23-17(28)6-5-7-18(23)29/h5-11,15-16,27H,12-14,30H2,1-4H3,(H,31,38). The van der Waals surface area contributed by atoms with Crippen LogP contribution < -0.4 is 31.3 Å². The number of carbonyl (C=O) groups is 1. The Balaban J connectivity index is 1.56. The SMILES string of the molecule is CC(C)C1N(C)c2ccc(NC(=O)c3ccc(=O)n(-c4c(F)cccc4F)n3)c(N3CCC(N)C3)c2N1C. The van der Waals surface area contributed by atoms with Crippen molar-refractivity contribution in [2.75, 3.05) is 47.2 Å². The van der Waals surface area contributed by atoms with Gasteiger partial charge in [0.2, 0.25) is 0 Å². The number of benzene rings is 2. The summed E-state index contributed by atoms with van der Waals surface area (Å²) in [6.07, 6.45) is 0.956. The summed E-state index contributed by atoms with van der Waals surface area (Å²) in [4.78, 5) is 32.4. The summed E-state index contributed by atoms with van der Waals surface area (Å²) in [5, 5.41) is 6.92. The van der Waals surface area contributed by atoms with Crippen molar-refractivity contribution in [2.24, 2.45) is 11.7 Å². The average molecular weight is 524 g/mol. The number of fused-ring (bicyclic) bond motifs is 1. The van der Waals surface area contributed by atoms with E-state index in [0.717, 1.165) is 48.2 Å². The van der Waals surface area contributed by atoms with Gasteiger partial charge in [0.25, 0.3) is 11.5 Å². The van der Waals surface area contributed by atoms with Gasteiger partial charge in [-0.3, -0.25) is 9.59 Å². The third-order valence-corrected chi connectivity index (χ3v) is 7.22. The summed E-state index contributed by atoms with van der Waals surface area (Å²) < 4.78 is 29.3. The summed E-state index contributed by atoms with van der Waals surface area (Å²) in [5.41, 5.74) is 8.12. The molecule has 2 atom stereocenters. The third-order valence-electron chi connectivity index (χ3n) is 7.22. The van der Waals surface area contributed by atoms with Crippen LogP contribution in [-0.4, -0.2) is 55.1 Å². The van der Waals surface area contributed by atoms with E-state index in [1.54, 1.807) is 0 Å². The minimum Gasteiger partial charge on any atom is -0.366 e. The molecular weight excluding hydrogens is 492 g/mol. The van der Waals surface area contributed by atoms with Gasteiger partial charge < -0.3 is 25.8 Å². The number of amides is 1. The molecule has 1 saturated heterocycles. The van der Waals surface area contributed by atoms with E-state index in [0.29, 0.717) is 22.8 Å². The quantitative estimate of drug-likeness (QED) is 0.530. The number of nitrogens with one attached hydrogen (secondary N) is 1. The van der Waals surface area contributed by atoms with Crippen LogP contribution in [0.25, 0.3) is 5.69 Å². The van der Waals surface area contributed by atoms with E-state index in [9.17, 15) is 18.4 Å². The Labute approximate surface area is 219 Å². The molecule has 2 aliphatic rings. The van der Waals surface area contributed by atoms with Crippen molar-refractivity contribution in [2.45, 2.75) is 32.5 Å². The minimum absolute atomic E-state index is 0.0145. The van der Waals surface area contributed by atoms with Crippen molar-refractivity contribution in [3.05, 3.63) is 70.1 Å². The van der Waals surface area contributed by atoms with Crippen LogP contribution in [0.5, 0.6) is 0 Å². The zero-order valence-electron chi connectivity index (χ0n) is 21.8. The Kier molecular flexibility index (Phi) is 6.56. The first-order valence-electron chi connectivity index (χ1n) is 12.6. The van der Waals surface area contributed by atoms with Crippen molar-refractivity contribution in [3.8, 4) is 5.69 Å². The lowest BCUT2D eigenvalue weighted by Crippen LogP contribution is -2.43. The predicted molar refractivity (Wildman–Crippen MR) is 144 cm³/mol. The van der Waals surface area contributed by atoms with E-state index < -0.39 is 28.8 Å². The molecule has 38 heavy (non-hydrogen) atoms. The Hall–Kier alpha value is -3.99. The van der Waals surface area contributed by atoms with E-state index in [1.807, 2.05) is 19.2 Å². The smallest absolute Gasteiger partial charge is 0.276 e. The second-order valence-electron chi connectivity index (χ2n) is 10.2. The minimum atomic E-state index is -0.963. The van der Waals surface area contributed by atoms with Crippen LogP contribution in [0.15, 0.2) is 47.3 Å². The molecule has 0 bridgehead atoms. The van der Waals surface area contributed by atoms with Crippen LogP contribution in [0, 0.1) is 17.6 Å². The second kappa shape index (κ2) is 9.71. The molecule has 0 saturated carbocycles. The summed E-state index contributed by atoms with van der Waals surface area (Å²) in [6, 6.07) is 9.35. The topological polar surface area (TPSA) is 99.7 Å². The Bertz CT molecular complexity index is 1440. The summed E-state index contributed by atoms with van der Waals surface area (Å²) in [5.74, 6) is -2.20. The molecule has 3 N–H and O–H groups in total. The lowest BCUT2D eigenvalue weighted by atomic mass is 10.1. The second-order valence-corrected chi connectivity index (χ2v) is 10.2. The van der Waals surface area contributed by atoms with Gasteiger partial charge in [0.05, 0.1) is 22.7 Å². The van der Waals surface area contributed by atoms with Crippen molar-refractivity contribution >= 4 is 28.7 Å². The molecule has 1 aromatic heterocycles. The van der Waals surface area contributed by atoms with E-state index in [2.05, 4.69) is 46.0 Å². The van der Waals surface area contributed by atoms with Gasteiger partial charge in [-0.05, 0) is 42.7 Å². The van der Waals surface area contributed by atoms with E-state index in [-0.39, 0.29) is 17.9 Å². The lowest BCUT2D eigenvalue weighted by Gasteiger charge is -2.32. The molecule has 11 heteroatoms. The highest BCUT2D eigenvalue weighted by molar-refractivity contribution is 6.07. The summed E-state index contributed by atoms with van der Waals surface area (Å²) in [7, 11) is 4.10. The van der Waals surface area contributed by atoms with Crippen molar-refractivity contribution < 1.29 is 13.6 Å². The maximum absolute atomic E-state index is 14.4. The summed E-state index contributed by atoms with van der Waals surface area (Å²) in [6.45, 7) is 5.70. The molecule has 2 aliphatic heterocycles. The molecule has 3 heterocycles. The fourth-order valence-electron chi connectivity index (χ4n) is 5.61. The zero-order valence-corrected chi connectivity index (χ0v) is 21.8. The molecule has 0 radical (unpaired) electrons.